The minimum Gasteiger partial charge on any atom is -0.480 e. The Morgan fingerprint density at radius 2 is 2.24 bits per heavy atom. The molecule has 1 aromatic rings. The molecule has 0 aliphatic carbocycles. The molecule has 1 atom stereocenters. The first kappa shape index (κ1) is 15.1. The van der Waals surface area contributed by atoms with Crippen molar-refractivity contribution in [3.05, 3.63) is 18.2 Å². The monoisotopic (exact) mass is 244 g/mol. The lowest BCUT2D eigenvalue weighted by atomic mass is 10.2. The van der Waals surface area contributed by atoms with E-state index < -0.39 is 18.0 Å². The molecule has 0 aliphatic rings. The quantitative estimate of drug-likeness (QED) is 0.431. The van der Waals surface area contributed by atoms with Crippen molar-refractivity contribution in [2.24, 2.45) is 5.73 Å². The van der Waals surface area contributed by atoms with Crippen LogP contribution in [0.15, 0.2) is 12.5 Å². The highest BCUT2D eigenvalue weighted by molar-refractivity contribution is 5.73. The van der Waals surface area contributed by atoms with Gasteiger partial charge in [-0.25, -0.2) is 4.98 Å². The van der Waals surface area contributed by atoms with Gasteiger partial charge in [0.05, 0.1) is 18.6 Å². The molecule has 0 aliphatic heterocycles. The van der Waals surface area contributed by atoms with Crippen LogP contribution in [-0.4, -0.2) is 51.8 Å². The highest BCUT2D eigenvalue weighted by Gasteiger charge is 2.12. The molecule has 0 aromatic carbocycles. The lowest BCUT2D eigenvalue weighted by Gasteiger charge is -2.01. The number of nitrogens with zero attached hydrogens (tertiary/aromatic N) is 1. The van der Waals surface area contributed by atoms with Crippen molar-refractivity contribution < 1.29 is 19.8 Å². The Balaban J connectivity index is 0.000000366. The van der Waals surface area contributed by atoms with Crippen LogP contribution >= 0.6 is 0 Å². The van der Waals surface area contributed by atoms with Gasteiger partial charge >= 0.3 is 11.9 Å². The first-order valence-corrected chi connectivity index (χ1v) is 4.79. The van der Waals surface area contributed by atoms with Crippen LogP contribution in [-0.2, 0) is 16.0 Å². The van der Waals surface area contributed by atoms with Crippen LogP contribution in [0.4, 0.5) is 0 Å². The molecule has 1 aromatic heterocycles. The number of carboxylic acid groups (broad SMARTS) is 2. The van der Waals surface area contributed by atoms with Crippen LogP contribution in [0.2, 0.25) is 0 Å². The molecule has 0 bridgehead atoms. The number of carbonyl (C=O) groups is 2. The first-order valence-electron chi connectivity index (χ1n) is 4.79. The number of imidazole rings is 1. The Bertz CT molecular complexity index is 339. The van der Waals surface area contributed by atoms with Crippen LogP contribution < -0.4 is 11.1 Å². The Hall–Kier alpha value is -1.93. The van der Waals surface area contributed by atoms with E-state index in [1.54, 1.807) is 13.2 Å². The molecule has 96 valence electrons. The van der Waals surface area contributed by atoms with Gasteiger partial charge in [-0.2, -0.15) is 0 Å². The predicted molar refractivity (Wildman–Crippen MR) is 59.5 cm³/mol. The maximum absolute atomic E-state index is 10.3. The number of hydrogen-bond donors (Lipinski definition) is 5. The Morgan fingerprint density at radius 3 is 2.53 bits per heavy atom. The molecule has 0 radical (unpaired) electrons. The Kier molecular flexibility index (Phi) is 7.31. The molecule has 0 saturated heterocycles. The minimum absolute atomic E-state index is 0.0417. The zero-order valence-electron chi connectivity index (χ0n) is 9.38. The molecule has 1 rings (SSSR count). The van der Waals surface area contributed by atoms with E-state index in [2.05, 4.69) is 15.3 Å². The van der Waals surface area contributed by atoms with Gasteiger partial charge in [-0.05, 0) is 7.05 Å². The van der Waals surface area contributed by atoms with Crippen molar-refractivity contribution in [3.8, 4) is 0 Å². The minimum atomic E-state index is -1.01. The highest BCUT2D eigenvalue weighted by Crippen LogP contribution is 1.95. The van der Waals surface area contributed by atoms with Crippen molar-refractivity contribution >= 4 is 11.9 Å². The molecule has 6 N–H and O–H groups in total. The van der Waals surface area contributed by atoms with Gasteiger partial charge in [0.2, 0.25) is 0 Å². The van der Waals surface area contributed by atoms with Crippen LogP contribution in [0.3, 0.4) is 0 Å². The number of nitrogens with one attached hydrogen (secondary N) is 2. The SMILES string of the molecule is CNCC(=O)O.N[C@@H](Cc1c[nH]cn1)C(=O)O. The number of hydrogen-bond acceptors (Lipinski definition) is 5. The molecular weight excluding hydrogens is 228 g/mol. The van der Waals surface area contributed by atoms with Gasteiger partial charge in [0.25, 0.3) is 0 Å². The van der Waals surface area contributed by atoms with E-state index in [9.17, 15) is 9.59 Å². The van der Waals surface area contributed by atoms with Crippen molar-refractivity contribution in [2.75, 3.05) is 13.6 Å². The van der Waals surface area contributed by atoms with Crippen molar-refractivity contribution in [1.29, 1.82) is 0 Å². The van der Waals surface area contributed by atoms with Crippen molar-refractivity contribution in [2.45, 2.75) is 12.5 Å². The number of aromatic amines is 1. The van der Waals surface area contributed by atoms with Gasteiger partial charge in [-0.3, -0.25) is 9.59 Å². The van der Waals surface area contributed by atoms with Gasteiger partial charge in [0.15, 0.2) is 0 Å². The van der Waals surface area contributed by atoms with Gasteiger partial charge < -0.3 is 26.2 Å². The van der Waals surface area contributed by atoms with Crippen LogP contribution in [0.5, 0.6) is 0 Å². The van der Waals surface area contributed by atoms with Gasteiger partial charge in [-0.1, -0.05) is 0 Å². The fourth-order valence-corrected chi connectivity index (χ4v) is 0.866. The van der Waals surface area contributed by atoms with Crippen LogP contribution in [0, 0.1) is 0 Å². The molecule has 0 amide bonds. The summed E-state index contributed by atoms with van der Waals surface area (Å²) in [5.41, 5.74) is 5.92. The van der Waals surface area contributed by atoms with E-state index in [4.69, 9.17) is 15.9 Å². The molecule has 0 unspecified atom stereocenters. The van der Waals surface area contributed by atoms with E-state index >= 15 is 0 Å². The fourth-order valence-electron chi connectivity index (χ4n) is 0.866. The molecule has 17 heavy (non-hydrogen) atoms. The van der Waals surface area contributed by atoms with Gasteiger partial charge in [0.1, 0.15) is 6.04 Å². The molecule has 1 heterocycles. The Labute approximate surface area is 97.9 Å². The number of aromatic nitrogens is 2. The Morgan fingerprint density at radius 1 is 1.59 bits per heavy atom. The fraction of sp³-hybridized carbons (Fsp3) is 0.444. The molecular formula is C9H16N4O4. The molecule has 8 nitrogen and oxygen atoms in total. The summed E-state index contributed by atoms with van der Waals surface area (Å²) in [7, 11) is 1.59. The third-order valence-corrected chi connectivity index (χ3v) is 1.63. The van der Waals surface area contributed by atoms with E-state index in [1.807, 2.05) is 0 Å². The van der Waals surface area contributed by atoms with Crippen LogP contribution in [0.1, 0.15) is 5.69 Å². The highest BCUT2D eigenvalue weighted by atomic mass is 16.4. The predicted octanol–water partition coefficient (Wildman–Crippen LogP) is -1.35. The number of likely N-dealkylation sites (N-methyl/N-ethyl adjacent to an activating group) is 1. The summed E-state index contributed by atoms with van der Waals surface area (Å²) in [6.45, 7) is 0.0417. The summed E-state index contributed by atoms with van der Waals surface area (Å²) < 4.78 is 0. The summed E-state index contributed by atoms with van der Waals surface area (Å²) in [4.78, 5) is 26.4. The standard InChI is InChI=1S/C6H9N3O2.C3H7NO2/c7-5(6(10)11)1-4-2-8-3-9-4;1-4-2-3(5)6/h2-3,5H,1,7H2,(H,8,9)(H,10,11);4H,2H2,1H3,(H,5,6)/t5-;/m0./s1. The zero-order valence-corrected chi connectivity index (χ0v) is 9.38. The second-order valence-corrected chi connectivity index (χ2v) is 3.13. The summed E-state index contributed by atoms with van der Waals surface area (Å²) in [6, 6.07) is -0.863. The number of H-pyrrole nitrogens is 1. The number of nitrogens with two attached hydrogens (primary N) is 1. The average Bonchev–Trinajstić information content (AvgIpc) is 2.70. The molecule has 8 heteroatoms. The number of aliphatic carboxylic acids is 2. The molecule has 0 spiro atoms. The van der Waals surface area contributed by atoms with E-state index in [0.717, 1.165) is 0 Å². The average molecular weight is 244 g/mol. The van der Waals surface area contributed by atoms with Gasteiger partial charge in [0, 0.05) is 12.6 Å². The molecule has 0 fully saturated rings. The summed E-state index contributed by atoms with van der Waals surface area (Å²) in [5.74, 6) is -1.83. The summed E-state index contributed by atoms with van der Waals surface area (Å²) in [5, 5.41) is 18.7. The van der Waals surface area contributed by atoms with Crippen molar-refractivity contribution in [3.63, 3.8) is 0 Å². The zero-order chi connectivity index (χ0) is 13.3. The smallest absolute Gasteiger partial charge is 0.320 e. The maximum Gasteiger partial charge on any atom is 0.320 e. The third kappa shape index (κ3) is 7.94. The second kappa shape index (κ2) is 8.25. The lowest BCUT2D eigenvalue weighted by molar-refractivity contribution is -0.138. The van der Waals surface area contributed by atoms with E-state index in [0.29, 0.717) is 5.69 Å². The second-order valence-electron chi connectivity index (χ2n) is 3.13. The largest absolute Gasteiger partial charge is 0.480 e. The van der Waals surface area contributed by atoms with Gasteiger partial charge in [-0.15, -0.1) is 0 Å². The van der Waals surface area contributed by atoms with Crippen LogP contribution in [0.25, 0.3) is 0 Å². The third-order valence-electron chi connectivity index (χ3n) is 1.63. The van der Waals surface area contributed by atoms with Crippen molar-refractivity contribution in [1.82, 2.24) is 15.3 Å². The first-order chi connectivity index (χ1) is 7.97. The number of rotatable bonds is 5. The summed E-state index contributed by atoms with van der Waals surface area (Å²) in [6.07, 6.45) is 3.38. The molecule has 0 saturated carbocycles. The maximum atomic E-state index is 10.3. The van der Waals surface area contributed by atoms with E-state index in [-0.39, 0.29) is 13.0 Å². The topological polar surface area (TPSA) is 141 Å². The lowest BCUT2D eigenvalue weighted by Crippen LogP contribution is -2.32. The number of carboxylic acids is 2. The van der Waals surface area contributed by atoms with E-state index in [1.165, 1.54) is 6.33 Å². The summed E-state index contributed by atoms with van der Waals surface area (Å²) >= 11 is 0. The normalized spacial score (nSPS) is 11.2.